The molecule has 1 unspecified atom stereocenters. The number of aliphatic carboxylic acids is 2. The summed E-state index contributed by atoms with van der Waals surface area (Å²) in [6, 6.07) is 0. The van der Waals surface area contributed by atoms with Gasteiger partial charge in [-0.05, 0) is 6.92 Å². The minimum Gasteiger partial charge on any atom is -0.479 e. The number of aliphatic hydroxyl groups is 6. The molecule has 0 aromatic rings. The fourth-order valence-electron chi connectivity index (χ4n) is 0.668. The van der Waals surface area contributed by atoms with E-state index in [4.69, 9.17) is 40.9 Å². The number of aliphatic hydroxyl groups excluding tert-OH is 6. The molecule has 0 aliphatic rings. The maximum Gasteiger partial charge on any atom is 0.335 e. The van der Waals surface area contributed by atoms with E-state index in [1.807, 2.05) is 0 Å². The summed E-state index contributed by atoms with van der Waals surface area (Å²) in [5.74, 6) is -2.91. The normalized spacial score (nSPS) is 16.5. The Kier molecular flexibility index (Phi) is 20.5. The van der Waals surface area contributed by atoms with Crippen LogP contribution in [0.3, 0.4) is 0 Å². The van der Waals surface area contributed by atoms with Crippen LogP contribution in [0.2, 0.25) is 0 Å². The first-order chi connectivity index (χ1) is 8.56. The zero-order chi connectivity index (χ0) is 15.7. The molecule has 0 rings (SSSR count). The monoisotopic (exact) mass is 414 g/mol. The molecular formula is C9H18O10Zn2. The van der Waals surface area contributed by atoms with E-state index in [1.165, 1.54) is 6.92 Å². The molecular weight excluding hydrogens is 399 g/mol. The number of carboxylic acids is 2. The van der Waals surface area contributed by atoms with Crippen LogP contribution < -0.4 is 0 Å². The van der Waals surface area contributed by atoms with Gasteiger partial charge in [-0.2, -0.15) is 0 Å². The first kappa shape index (κ1) is 29.0. The van der Waals surface area contributed by atoms with Crippen LogP contribution in [0.5, 0.6) is 0 Å². The predicted molar refractivity (Wildman–Crippen MR) is 58.1 cm³/mol. The van der Waals surface area contributed by atoms with Gasteiger partial charge in [0.1, 0.15) is 24.4 Å². The Balaban J connectivity index is -0.000000156. The van der Waals surface area contributed by atoms with E-state index in [-0.39, 0.29) is 39.0 Å². The van der Waals surface area contributed by atoms with Gasteiger partial charge in [0.15, 0.2) is 6.10 Å². The third-order valence-corrected chi connectivity index (χ3v) is 1.87. The van der Waals surface area contributed by atoms with E-state index < -0.39 is 49.1 Å². The molecule has 8 N–H and O–H groups in total. The minimum absolute atomic E-state index is 0. The zero-order valence-electron chi connectivity index (χ0n) is 11.4. The largest absolute Gasteiger partial charge is 0.479 e. The van der Waals surface area contributed by atoms with Gasteiger partial charge in [0.2, 0.25) is 0 Å². The average Bonchev–Trinajstić information content (AvgIpc) is 2.35. The van der Waals surface area contributed by atoms with E-state index in [0.29, 0.717) is 0 Å². The second-order valence-electron chi connectivity index (χ2n) is 3.53. The molecule has 0 aromatic heterocycles. The zero-order valence-corrected chi connectivity index (χ0v) is 17.3. The molecule has 0 saturated carbocycles. The number of hydrogen-bond acceptors (Lipinski definition) is 8. The molecule has 21 heavy (non-hydrogen) atoms. The predicted octanol–water partition coefficient (Wildman–Crippen LogP) is -4.05. The summed E-state index contributed by atoms with van der Waals surface area (Å²) in [6.45, 7) is 0.354. The van der Waals surface area contributed by atoms with Crippen molar-refractivity contribution in [2.45, 2.75) is 37.4 Å². The molecule has 10 nitrogen and oxygen atoms in total. The van der Waals surface area contributed by atoms with E-state index in [2.05, 4.69) is 0 Å². The third-order valence-electron chi connectivity index (χ3n) is 1.87. The van der Waals surface area contributed by atoms with Crippen molar-refractivity contribution >= 4 is 11.9 Å². The first-order valence-corrected chi connectivity index (χ1v) is 5.03. The summed E-state index contributed by atoms with van der Waals surface area (Å²) in [4.78, 5) is 19.5. The van der Waals surface area contributed by atoms with Crippen LogP contribution in [0.4, 0.5) is 0 Å². The first-order valence-electron chi connectivity index (χ1n) is 5.03. The summed E-state index contributed by atoms with van der Waals surface area (Å²) >= 11 is 0. The standard InChI is InChI=1S/C6H12O7.C3H6O3.2Zn/c7-1-2(8)3(9)4(10)5(11)6(12)13;1-2(4)3(5)6;;/h2-5,7-11H,1H2,(H,12,13);2,4H,1H3,(H,5,6);;/t2-,3-,4+,5-;;;/m1.../s1. The minimum atomic E-state index is -2.20. The van der Waals surface area contributed by atoms with Gasteiger partial charge < -0.3 is 40.9 Å². The molecule has 0 aromatic carbocycles. The SMILES string of the molecule is CC(O)C(=O)O.O=C(O)[C@H](O)[C@@H](O)[C@H](O)[C@H](O)CO.[Zn].[Zn]. The summed E-state index contributed by atoms with van der Waals surface area (Å²) in [5, 5.41) is 67.6. The molecule has 0 radical (unpaired) electrons. The maximum absolute atomic E-state index is 10.1. The molecule has 0 saturated heterocycles. The van der Waals surface area contributed by atoms with Crippen LogP contribution in [0.25, 0.3) is 0 Å². The van der Waals surface area contributed by atoms with Crippen molar-refractivity contribution in [2.24, 2.45) is 0 Å². The molecule has 12 heteroatoms. The molecule has 118 valence electrons. The number of hydrogen-bond donors (Lipinski definition) is 8. The van der Waals surface area contributed by atoms with Crippen molar-refractivity contribution in [3.63, 3.8) is 0 Å². The fraction of sp³-hybridized carbons (Fsp3) is 0.778. The Morgan fingerprint density at radius 1 is 0.857 bits per heavy atom. The summed E-state index contributed by atoms with van der Waals surface area (Å²) in [5.41, 5.74) is 0. The second kappa shape index (κ2) is 14.9. The average molecular weight is 417 g/mol. The van der Waals surface area contributed by atoms with Crippen LogP contribution in [0.15, 0.2) is 0 Å². The number of carboxylic acid groups (broad SMARTS) is 2. The van der Waals surface area contributed by atoms with Crippen molar-refractivity contribution < 1.29 is 89.4 Å². The molecule has 5 atom stereocenters. The van der Waals surface area contributed by atoms with Crippen molar-refractivity contribution in [3.05, 3.63) is 0 Å². The topological polar surface area (TPSA) is 196 Å². The molecule has 0 aliphatic carbocycles. The van der Waals surface area contributed by atoms with Crippen molar-refractivity contribution in [2.75, 3.05) is 6.61 Å². The Morgan fingerprint density at radius 2 is 1.19 bits per heavy atom. The van der Waals surface area contributed by atoms with Gasteiger partial charge in [0, 0.05) is 39.0 Å². The van der Waals surface area contributed by atoms with E-state index in [1.54, 1.807) is 0 Å². The number of rotatable bonds is 6. The molecule has 0 heterocycles. The van der Waals surface area contributed by atoms with Crippen LogP contribution >= 0.6 is 0 Å². The van der Waals surface area contributed by atoms with Gasteiger partial charge in [-0.1, -0.05) is 0 Å². The molecule has 0 bridgehead atoms. The van der Waals surface area contributed by atoms with Crippen LogP contribution in [0.1, 0.15) is 6.92 Å². The second-order valence-corrected chi connectivity index (χ2v) is 3.53. The third kappa shape index (κ3) is 13.3. The van der Waals surface area contributed by atoms with Crippen molar-refractivity contribution in [1.82, 2.24) is 0 Å². The van der Waals surface area contributed by atoms with Gasteiger partial charge in [0.25, 0.3) is 0 Å². The van der Waals surface area contributed by atoms with Crippen LogP contribution in [-0.2, 0) is 48.5 Å². The quantitative estimate of drug-likeness (QED) is 0.197. The van der Waals surface area contributed by atoms with Gasteiger partial charge >= 0.3 is 11.9 Å². The van der Waals surface area contributed by atoms with Gasteiger partial charge in [-0.15, -0.1) is 0 Å². The Labute approximate surface area is 145 Å². The van der Waals surface area contributed by atoms with E-state index in [0.717, 1.165) is 0 Å². The van der Waals surface area contributed by atoms with Crippen molar-refractivity contribution in [1.29, 1.82) is 0 Å². The molecule has 0 amide bonds. The van der Waals surface area contributed by atoms with Gasteiger partial charge in [-0.3, -0.25) is 0 Å². The Hall–Kier alpha value is -0.0532. The Morgan fingerprint density at radius 3 is 1.38 bits per heavy atom. The summed E-state index contributed by atoms with van der Waals surface area (Å²) in [7, 11) is 0. The Bertz CT molecular complexity index is 288. The molecule has 0 aliphatic heterocycles. The summed E-state index contributed by atoms with van der Waals surface area (Å²) in [6.07, 6.45) is -9.07. The molecule has 0 spiro atoms. The van der Waals surface area contributed by atoms with E-state index in [9.17, 15) is 9.59 Å². The smallest absolute Gasteiger partial charge is 0.335 e. The molecule has 0 fully saturated rings. The fourth-order valence-corrected chi connectivity index (χ4v) is 0.668. The van der Waals surface area contributed by atoms with E-state index >= 15 is 0 Å². The van der Waals surface area contributed by atoms with Gasteiger partial charge in [-0.25, -0.2) is 9.59 Å². The number of carbonyl (C=O) groups is 2. The van der Waals surface area contributed by atoms with Gasteiger partial charge in [0.05, 0.1) is 6.61 Å². The van der Waals surface area contributed by atoms with Crippen LogP contribution in [0, 0.1) is 0 Å². The summed E-state index contributed by atoms with van der Waals surface area (Å²) < 4.78 is 0. The van der Waals surface area contributed by atoms with Crippen molar-refractivity contribution in [3.8, 4) is 0 Å². The van der Waals surface area contributed by atoms with Crippen LogP contribution in [-0.4, -0.2) is 89.9 Å². The maximum atomic E-state index is 10.1.